The standard InChI is InChI=1S/C35H48N6O10S/c1-8-21-14-35(21,30(44)39-52(47,48)23-9-10-23)37-28(42)24-13-22(17-41(24)29(43)27(33(2,3)4)36-31(45)38-34(5,6)7)51-32(46)40-15-19-11-25-26(50-18-49-25)12-20(19)16-40/h8,11-12,21-24,27H,1,9-10,13-18H2,2-7H3,(H,37,42)(H,39,44)(H2,36,38,45)/t21-,22+,24?,27+,35-/m0/s1. The number of likely N-dealkylation sites (tertiary alicyclic amines) is 1. The van der Waals surface area contributed by atoms with Gasteiger partial charge in [-0.15, -0.1) is 6.58 Å². The summed E-state index contributed by atoms with van der Waals surface area (Å²) in [5.41, 5.74) is -1.26. The Morgan fingerprint density at radius 1 is 1.02 bits per heavy atom. The normalized spacial score (nSPS) is 25.5. The van der Waals surface area contributed by atoms with Crippen LogP contribution in [0.4, 0.5) is 9.59 Å². The number of hydrogen-bond donors (Lipinski definition) is 4. The number of sulfonamides is 1. The second-order valence-electron chi connectivity index (χ2n) is 16.4. The van der Waals surface area contributed by atoms with Crippen LogP contribution in [0.25, 0.3) is 0 Å². The molecule has 16 nitrogen and oxygen atoms in total. The van der Waals surface area contributed by atoms with Crippen LogP contribution in [0.5, 0.6) is 11.5 Å². The van der Waals surface area contributed by atoms with Crippen molar-refractivity contribution in [3.63, 3.8) is 0 Å². The molecule has 284 valence electrons. The Morgan fingerprint density at radius 3 is 2.15 bits per heavy atom. The molecule has 1 aromatic carbocycles. The van der Waals surface area contributed by atoms with E-state index in [0.717, 1.165) is 11.1 Å². The van der Waals surface area contributed by atoms with E-state index >= 15 is 0 Å². The van der Waals surface area contributed by atoms with Crippen LogP contribution in [0.2, 0.25) is 0 Å². The maximum Gasteiger partial charge on any atom is 0.410 e. The lowest BCUT2D eigenvalue weighted by Crippen LogP contribution is -2.61. The van der Waals surface area contributed by atoms with Crippen molar-refractivity contribution in [1.29, 1.82) is 0 Å². The van der Waals surface area contributed by atoms with E-state index < -0.39 is 85.7 Å². The lowest BCUT2D eigenvalue weighted by atomic mass is 9.85. The number of rotatable bonds is 9. The molecule has 2 saturated carbocycles. The van der Waals surface area contributed by atoms with E-state index in [1.54, 1.807) is 41.5 Å². The molecule has 5 aliphatic rings. The topological polar surface area (TPSA) is 202 Å². The maximum absolute atomic E-state index is 14.4. The van der Waals surface area contributed by atoms with Gasteiger partial charge in [0.15, 0.2) is 11.5 Å². The van der Waals surface area contributed by atoms with Crippen molar-refractivity contribution in [3.05, 3.63) is 35.9 Å². The Kier molecular flexibility index (Phi) is 9.41. The van der Waals surface area contributed by atoms with E-state index in [-0.39, 0.29) is 39.3 Å². The van der Waals surface area contributed by atoms with Gasteiger partial charge in [-0.3, -0.25) is 24.0 Å². The summed E-state index contributed by atoms with van der Waals surface area (Å²) in [6.07, 6.45) is 0.783. The van der Waals surface area contributed by atoms with Crippen molar-refractivity contribution in [2.24, 2.45) is 11.3 Å². The smallest absolute Gasteiger partial charge is 0.410 e. The molecule has 52 heavy (non-hydrogen) atoms. The van der Waals surface area contributed by atoms with Crippen LogP contribution in [0.15, 0.2) is 24.8 Å². The quantitative estimate of drug-likeness (QED) is 0.271. The van der Waals surface area contributed by atoms with Crippen molar-refractivity contribution >= 4 is 39.9 Å². The summed E-state index contributed by atoms with van der Waals surface area (Å²) in [4.78, 5) is 71.3. The van der Waals surface area contributed by atoms with Crippen LogP contribution in [0, 0.1) is 11.3 Å². The van der Waals surface area contributed by atoms with Crippen molar-refractivity contribution in [2.45, 2.75) is 115 Å². The molecule has 3 fully saturated rings. The molecule has 3 aliphatic heterocycles. The summed E-state index contributed by atoms with van der Waals surface area (Å²) in [7, 11) is -3.92. The first-order chi connectivity index (χ1) is 24.2. The van der Waals surface area contributed by atoms with E-state index in [9.17, 15) is 32.4 Å². The van der Waals surface area contributed by atoms with E-state index in [2.05, 4.69) is 27.3 Å². The predicted octanol–water partition coefficient (Wildman–Crippen LogP) is 2.02. The Hall–Kier alpha value is -4.54. The molecular weight excluding hydrogens is 696 g/mol. The van der Waals surface area contributed by atoms with Crippen LogP contribution in [0.1, 0.15) is 78.4 Å². The Balaban J connectivity index is 1.22. The monoisotopic (exact) mass is 744 g/mol. The lowest BCUT2D eigenvalue weighted by molar-refractivity contribution is -0.142. The molecule has 0 bridgehead atoms. The summed E-state index contributed by atoms with van der Waals surface area (Å²) in [6.45, 7) is 14.9. The molecule has 0 radical (unpaired) electrons. The lowest BCUT2D eigenvalue weighted by Gasteiger charge is -2.36. The Bertz CT molecular complexity index is 1770. The molecule has 0 spiro atoms. The number of carbonyl (C=O) groups excluding carboxylic acids is 5. The average molecular weight is 745 g/mol. The van der Waals surface area contributed by atoms with Gasteiger partial charge < -0.3 is 35.1 Å². The maximum atomic E-state index is 14.4. The fourth-order valence-electron chi connectivity index (χ4n) is 6.85. The van der Waals surface area contributed by atoms with Gasteiger partial charge in [-0.05, 0) is 68.7 Å². The van der Waals surface area contributed by atoms with Crippen molar-refractivity contribution in [3.8, 4) is 11.5 Å². The first-order valence-corrected chi connectivity index (χ1v) is 19.0. The van der Waals surface area contributed by atoms with Gasteiger partial charge in [0.05, 0.1) is 11.8 Å². The minimum Gasteiger partial charge on any atom is -0.454 e. The number of amides is 6. The highest BCUT2D eigenvalue weighted by Gasteiger charge is 2.62. The summed E-state index contributed by atoms with van der Waals surface area (Å²) in [5.74, 6) is -1.56. The summed E-state index contributed by atoms with van der Waals surface area (Å²) >= 11 is 0. The number of fused-ring (bicyclic) bond motifs is 2. The number of hydrogen-bond acceptors (Lipinski definition) is 10. The van der Waals surface area contributed by atoms with Gasteiger partial charge in [0, 0.05) is 31.0 Å². The van der Waals surface area contributed by atoms with E-state index in [1.807, 2.05) is 12.1 Å². The molecule has 2 aliphatic carbocycles. The van der Waals surface area contributed by atoms with Crippen molar-refractivity contribution in [2.75, 3.05) is 13.3 Å². The highest BCUT2D eigenvalue weighted by Crippen LogP contribution is 2.46. The van der Waals surface area contributed by atoms with Gasteiger partial charge in [-0.2, -0.15) is 0 Å². The molecule has 1 unspecified atom stereocenters. The third-order valence-electron chi connectivity index (χ3n) is 9.92. The van der Waals surface area contributed by atoms with Gasteiger partial charge in [0.25, 0.3) is 5.91 Å². The minimum absolute atomic E-state index is 0.109. The number of nitrogens with one attached hydrogen (secondary N) is 4. The zero-order chi connectivity index (χ0) is 38.0. The molecular formula is C35H48N6O10S. The zero-order valence-corrected chi connectivity index (χ0v) is 31.2. The van der Waals surface area contributed by atoms with E-state index in [4.69, 9.17) is 14.2 Å². The highest BCUT2D eigenvalue weighted by molar-refractivity contribution is 7.91. The first-order valence-electron chi connectivity index (χ1n) is 17.5. The van der Waals surface area contributed by atoms with Crippen LogP contribution in [-0.2, 0) is 42.2 Å². The van der Waals surface area contributed by atoms with Crippen molar-refractivity contribution in [1.82, 2.24) is 30.5 Å². The van der Waals surface area contributed by atoms with Crippen LogP contribution in [-0.4, -0.2) is 95.9 Å². The molecule has 0 aromatic heterocycles. The third kappa shape index (κ3) is 7.64. The van der Waals surface area contributed by atoms with Gasteiger partial charge in [0.1, 0.15) is 23.7 Å². The molecule has 3 heterocycles. The number of carbonyl (C=O) groups is 5. The summed E-state index contributed by atoms with van der Waals surface area (Å²) in [6, 6.07) is 0.729. The van der Waals surface area contributed by atoms with E-state index in [1.165, 1.54) is 15.9 Å². The first kappa shape index (κ1) is 37.2. The summed E-state index contributed by atoms with van der Waals surface area (Å²) in [5, 5.41) is 7.63. The van der Waals surface area contributed by atoms with Crippen LogP contribution < -0.4 is 30.1 Å². The number of nitrogens with zero attached hydrogens (tertiary/aromatic N) is 2. The second kappa shape index (κ2) is 13.1. The highest BCUT2D eigenvalue weighted by atomic mass is 32.2. The Morgan fingerprint density at radius 2 is 1.63 bits per heavy atom. The summed E-state index contributed by atoms with van der Waals surface area (Å²) < 4.78 is 44.3. The fourth-order valence-corrected chi connectivity index (χ4v) is 8.21. The SMILES string of the molecule is C=C[C@H]1C[C@@]1(NC(=O)C1C[C@@H](OC(=O)N2Cc3cc4c(cc3C2)OCO4)CN1C(=O)[C@@H](NC(=O)NC(C)(C)C)C(C)(C)C)C(=O)NS(=O)(=O)C1CC1. The molecule has 5 atom stereocenters. The molecule has 17 heteroatoms. The van der Waals surface area contributed by atoms with Gasteiger partial charge in [0.2, 0.25) is 28.6 Å². The van der Waals surface area contributed by atoms with Gasteiger partial charge in [-0.1, -0.05) is 26.8 Å². The number of urea groups is 1. The molecule has 4 N–H and O–H groups in total. The Labute approximate surface area is 303 Å². The van der Waals surface area contributed by atoms with Gasteiger partial charge in [-0.25, -0.2) is 18.0 Å². The second-order valence-corrected chi connectivity index (χ2v) is 18.4. The molecule has 6 amide bonds. The largest absolute Gasteiger partial charge is 0.454 e. The van der Waals surface area contributed by atoms with Gasteiger partial charge >= 0.3 is 12.1 Å². The van der Waals surface area contributed by atoms with Crippen molar-refractivity contribution < 1.29 is 46.6 Å². The average Bonchev–Trinajstić information content (AvgIpc) is 3.86. The molecule has 1 aromatic rings. The predicted molar refractivity (Wildman–Crippen MR) is 186 cm³/mol. The molecule has 6 rings (SSSR count). The van der Waals surface area contributed by atoms with E-state index in [0.29, 0.717) is 24.3 Å². The molecule has 1 saturated heterocycles. The van der Waals surface area contributed by atoms with Crippen LogP contribution >= 0.6 is 0 Å². The third-order valence-corrected chi connectivity index (χ3v) is 11.7. The number of benzene rings is 1. The fraction of sp³-hybridized carbons (Fsp3) is 0.629. The zero-order valence-electron chi connectivity index (χ0n) is 30.4. The minimum atomic E-state index is -3.92. The number of ether oxygens (including phenoxy) is 3. The van der Waals surface area contributed by atoms with Crippen LogP contribution in [0.3, 0.4) is 0 Å².